The summed E-state index contributed by atoms with van der Waals surface area (Å²) in [5.41, 5.74) is -0.390. The van der Waals surface area contributed by atoms with Crippen LogP contribution in [0.4, 0.5) is 26.3 Å². The first kappa shape index (κ1) is 61.7. The van der Waals surface area contributed by atoms with Gasteiger partial charge in [0.25, 0.3) is 0 Å². The molecule has 458 valence electrons. The maximum Gasteiger partial charge on any atom is 0.416 e. The topological polar surface area (TPSA) is 215 Å². The van der Waals surface area contributed by atoms with Crippen LogP contribution in [0.15, 0.2) is 158 Å². The largest absolute Gasteiger partial charge is 0.416 e. The van der Waals surface area contributed by atoms with E-state index in [-0.39, 0.29) is 67.4 Å². The van der Waals surface area contributed by atoms with Crippen molar-refractivity contribution in [1.82, 2.24) is 41.7 Å². The minimum absolute atomic E-state index is 0.000400. The Morgan fingerprint density at radius 1 is 0.364 bits per heavy atom. The lowest BCUT2D eigenvalue weighted by Gasteiger charge is -2.33. The predicted molar refractivity (Wildman–Crippen MR) is 311 cm³/mol. The van der Waals surface area contributed by atoms with Crippen molar-refractivity contribution in [2.45, 2.75) is 125 Å². The number of carbonyl (C=O) groups is 8. The molecular formula is C66H64F6N8O8. The van der Waals surface area contributed by atoms with E-state index in [1.165, 1.54) is 34.1 Å². The van der Waals surface area contributed by atoms with Gasteiger partial charge in [-0.05, 0) is 82.3 Å². The normalized spacial score (nSPS) is 23.3. The predicted octanol–water partition coefficient (Wildman–Crippen LogP) is 6.37. The van der Waals surface area contributed by atoms with Crippen molar-refractivity contribution in [3.63, 3.8) is 0 Å². The fourth-order valence-corrected chi connectivity index (χ4v) is 12.1. The first-order valence-electron chi connectivity index (χ1n) is 29.2. The fraction of sp³-hybridized carbons (Fsp3) is 0.333. The molecule has 0 saturated carbocycles. The number of hydrogen-bond acceptors (Lipinski definition) is 8. The van der Waals surface area contributed by atoms with Gasteiger partial charge in [0.15, 0.2) is 0 Å². The van der Waals surface area contributed by atoms with Crippen molar-refractivity contribution in [3.05, 3.63) is 202 Å². The monoisotopic (exact) mass is 1210 g/mol. The lowest BCUT2D eigenvalue weighted by atomic mass is 9.90. The Morgan fingerprint density at radius 2 is 0.750 bits per heavy atom. The molecule has 8 amide bonds. The molecule has 22 heteroatoms. The number of fused-ring (bicyclic) bond motifs is 2. The Labute approximate surface area is 503 Å². The minimum atomic E-state index is -5.10. The van der Waals surface area contributed by atoms with Crippen molar-refractivity contribution >= 4 is 47.3 Å². The molecule has 4 fully saturated rings. The highest BCUT2D eigenvalue weighted by Crippen LogP contribution is 2.38. The molecule has 0 radical (unpaired) electrons. The lowest BCUT2D eigenvalue weighted by Crippen LogP contribution is -2.62. The molecule has 4 aliphatic heterocycles. The van der Waals surface area contributed by atoms with E-state index in [0.29, 0.717) is 29.5 Å². The van der Waals surface area contributed by atoms with E-state index in [1.807, 2.05) is 0 Å². The zero-order valence-electron chi connectivity index (χ0n) is 47.5. The van der Waals surface area contributed by atoms with Gasteiger partial charge >= 0.3 is 12.4 Å². The van der Waals surface area contributed by atoms with Crippen LogP contribution in [0.3, 0.4) is 0 Å². The molecule has 6 aromatic rings. The molecule has 6 aromatic carbocycles. The highest BCUT2D eigenvalue weighted by Gasteiger charge is 2.44. The van der Waals surface area contributed by atoms with Crippen LogP contribution in [0.1, 0.15) is 70.2 Å². The Hall–Kier alpha value is -9.34. The van der Waals surface area contributed by atoms with Crippen LogP contribution in [-0.2, 0) is 89.2 Å². The van der Waals surface area contributed by atoms with E-state index in [0.717, 1.165) is 30.3 Å². The average molecular weight is 1210 g/mol. The van der Waals surface area contributed by atoms with E-state index in [2.05, 4.69) is 31.9 Å². The molecule has 0 bridgehead atoms. The Kier molecular flexibility index (Phi) is 18.8. The first-order valence-corrected chi connectivity index (χ1v) is 29.2. The first-order chi connectivity index (χ1) is 42.2. The molecule has 8 atom stereocenters. The van der Waals surface area contributed by atoms with E-state index in [9.17, 15) is 46.7 Å². The molecule has 6 N–H and O–H groups in total. The van der Waals surface area contributed by atoms with Crippen molar-refractivity contribution in [1.29, 1.82) is 0 Å². The third kappa shape index (κ3) is 14.7. The molecule has 10 rings (SSSR count). The zero-order valence-corrected chi connectivity index (χ0v) is 47.5. The molecular weight excluding hydrogens is 1150 g/mol. The highest BCUT2D eigenvalue weighted by molar-refractivity contribution is 6.00. The van der Waals surface area contributed by atoms with Crippen LogP contribution in [0.5, 0.6) is 0 Å². The molecule has 0 spiro atoms. The Balaban J connectivity index is 0.982. The molecule has 0 aromatic heterocycles. The highest BCUT2D eigenvalue weighted by atomic mass is 19.4. The number of nitrogens with one attached hydrogen (secondary N) is 6. The second-order valence-electron chi connectivity index (χ2n) is 22.7. The smallest absolute Gasteiger partial charge is 0.342 e. The third-order valence-corrected chi connectivity index (χ3v) is 16.6. The Bertz CT molecular complexity index is 3570. The van der Waals surface area contributed by atoms with Crippen molar-refractivity contribution in [2.24, 2.45) is 0 Å². The SMILES string of the molecule is O=C1N[C@H](Cc2cccc(C(F)(F)F)c2)C(=O)N[C@@H](Cc2ccccc2-c2ccc(C[C@H]3NC(=O)[C@H](Cc4ccccc4)NC(=O)[C@H]4CCCN4C(=O)[C@H](Cc4ccccc4)NC3=O)c(C(F)(F)F)c2)C(=O)N2CCC[C@@H]2C(=O)N[C@H]1Cc1ccccc1. The summed E-state index contributed by atoms with van der Waals surface area (Å²) < 4.78 is 89.2. The zero-order chi connectivity index (χ0) is 62.3. The number of nitrogens with zero attached hydrogens (tertiary/aromatic N) is 2. The molecule has 4 aliphatic rings. The summed E-state index contributed by atoms with van der Waals surface area (Å²) in [6, 6.07) is 28.7. The fourth-order valence-electron chi connectivity index (χ4n) is 12.1. The van der Waals surface area contributed by atoms with Crippen LogP contribution in [0.25, 0.3) is 11.1 Å². The van der Waals surface area contributed by atoms with Crippen LogP contribution in [0, 0.1) is 0 Å². The van der Waals surface area contributed by atoms with Gasteiger partial charge in [0.2, 0.25) is 47.3 Å². The van der Waals surface area contributed by atoms with Gasteiger partial charge in [0, 0.05) is 51.6 Å². The van der Waals surface area contributed by atoms with E-state index < -0.39 is 144 Å². The molecule has 0 unspecified atom stereocenters. The number of hydrogen-bond donors (Lipinski definition) is 6. The van der Waals surface area contributed by atoms with Crippen LogP contribution in [0.2, 0.25) is 0 Å². The van der Waals surface area contributed by atoms with E-state index in [1.54, 1.807) is 103 Å². The Morgan fingerprint density at radius 3 is 1.23 bits per heavy atom. The van der Waals surface area contributed by atoms with Gasteiger partial charge in [-0.3, -0.25) is 38.4 Å². The maximum atomic E-state index is 15.7. The number of alkyl halides is 6. The third-order valence-electron chi connectivity index (χ3n) is 16.6. The second-order valence-corrected chi connectivity index (χ2v) is 22.7. The summed E-state index contributed by atoms with van der Waals surface area (Å²) >= 11 is 0. The van der Waals surface area contributed by atoms with Gasteiger partial charge in [-0.1, -0.05) is 146 Å². The molecule has 0 aliphatic carbocycles. The number of benzene rings is 6. The van der Waals surface area contributed by atoms with Crippen LogP contribution < -0.4 is 31.9 Å². The summed E-state index contributed by atoms with van der Waals surface area (Å²) in [6.07, 6.45) is -10.4. The van der Waals surface area contributed by atoms with Gasteiger partial charge in [0.05, 0.1) is 11.1 Å². The average Bonchev–Trinajstić information content (AvgIpc) is 1.83. The lowest BCUT2D eigenvalue weighted by molar-refractivity contribution is -0.143. The van der Waals surface area contributed by atoms with Crippen molar-refractivity contribution in [2.75, 3.05) is 13.1 Å². The van der Waals surface area contributed by atoms with Gasteiger partial charge in [-0.25, -0.2) is 0 Å². The molecule has 88 heavy (non-hydrogen) atoms. The molecule has 4 saturated heterocycles. The summed E-state index contributed by atoms with van der Waals surface area (Å²) in [5, 5.41) is 16.2. The maximum absolute atomic E-state index is 15.7. The van der Waals surface area contributed by atoms with E-state index in [4.69, 9.17) is 0 Å². The summed E-state index contributed by atoms with van der Waals surface area (Å²) in [5.74, 6) is -6.23. The summed E-state index contributed by atoms with van der Waals surface area (Å²) in [4.78, 5) is 119. The van der Waals surface area contributed by atoms with Crippen LogP contribution >= 0.6 is 0 Å². The van der Waals surface area contributed by atoms with Gasteiger partial charge in [0.1, 0.15) is 48.3 Å². The van der Waals surface area contributed by atoms with Gasteiger partial charge in [-0.2, -0.15) is 26.3 Å². The number of halogens is 6. The van der Waals surface area contributed by atoms with E-state index >= 15 is 18.0 Å². The van der Waals surface area contributed by atoms with Crippen molar-refractivity contribution < 1.29 is 64.7 Å². The quantitative estimate of drug-likeness (QED) is 0.0714. The second kappa shape index (κ2) is 26.7. The van der Waals surface area contributed by atoms with Crippen LogP contribution in [-0.4, -0.2) is 118 Å². The minimum Gasteiger partial charge on any atom is -0.342 e. The van der Waals surface area contributed by atoms with Gasteiger partial charge in [-0.15, -0.1) is 0 Å². The summed E-state index contributed by atoms with van der Waals surface area (Å²) in [7, 11) is 0. The molecule has 16 nitrogen and oxygen atoms in total. The standard InChI is InChI=1S/C66H64F6N8O8/c67-65(68,69)46-23-12-21-42(31-46)35-51-59(83)78-54(64(88)80-30-14-26-56(80)62(86)75-49(57(81)73-51)32-39-15-4-1-5-16-39)37-43-22-10-11-24-47(43)44-27-28-45(48(36-44)66(70,71)72)38-52-60(84)77-53(34-41-19-8-3-9-20-41)63(87)79-29-13-25-55(79)61(85)76-50(58(82)74-52)33-40-17-6-2-7-18-40/h1-12,15-24,27-28,31,36,49-56H,13-14,25-26,29-30,32-35,37-38H2,(H,73,81)(H,74,82)(H,75,86)(H,76,85)(H,77,84)(H,78,83)/t49-,50-,51+,52+,53-,54-,55+,56+/m0/s1. The number of rotatable bonds is 13. The number of amides is 8. The summed E-state index contributed by atoms with van der Waals surface area (Å²) in [6.45, 7) is 0.225. The van der Waals surface area contributed by atoms with Gasteiger partial charge < -0.3 is 41.7 Å². The van der Waals surface area contributed by atoms with Crippen molar-refractivity contribution in [3.8, 4) is 11.1 Å². The number of carbonyl (C=O) groups excluding carboxylic acids is 8. The molecule has 4 heterocycles.